The molecule has 0 unspecified atom stereocenters. The van der Waals surface area contributed by atoms with Gasteiger partial charge in [-0.15, -0.1) is 0 Å². The Morgan fingerprint density at radius 2 is 1.78 bits per heavy atom. The first kappa shape index (κ1) is 29.3. The van der Waals surface area contributed by atoms with E-state index >= 15 is 0 Å². The molecular formula is C27H35Cl2N3O4S. The summed E-state index contributed by atoms with van der Waals surface area (Å²) < 4.78 is 26.4. The predicted octanol–water partition coefficient (Wildman–Crippen LogP) is 5.32. The molecule has 2 amide bonds. The molecule has 2 aromatic carbocycles. The summed E-state index contributed by atoms with van der Waals surface area (Å²) >= 11 is 12.5. The maximum atomic E-state index is 13.4. The summed E-state index contributed by atoms with van der Waals surface area (Å²) in [5.74, 6) is -0.440. The number of carbonyl (C=O) groups is 2. The Kier molecular flexibility index (Phi) is 10.3. The molecule has 0 aliphatic heterocycles. The van der Waals surface area contributed by atoms with Gasteiger partial charge in [0.25, 0.3) is 0 Å². The molecule has 37 heavy (non-hydrogen) atoms. The van der Waals surface area contributed by atoms with Crippen LogP contribution in [0.2, 0.25) is 10.0 Å². The third-order valence-corrected chi connectivity index (χ3v) is 8.54. The van der Waals surface area contributed by atoms with Crippen LogP contribution in [0.15, 0.2) is 42.5 Å². The third-order valence-electron chi connectivity index (χ3n) is 6.76. The fourth-order valence-electron chi connectivity index (χ4n) is 4.62. The zero-order valence-electron chi connectivity index (χ0n) is 21.5. The van der Waals surface area contributed by atoms with Crippen molar-refractivity contribution in [2.45, 2.75) is 71.0 Å². The van der Waals surface area contributed by atoms with Gasteiger partial charge in [-0.05, 0) is 62.4 Å². The zero-order valence-corrected chi connectivity index (χ0v) is 23.9. The minimum absolute atomic E-state index is 0.0666. The second kappa shape index (κ2) is 13.0. The van der Waals surface area contributed by atoms with Crippen LogP contribution in [0.3, 0.4) is 0 Å². The summed E-state index contributed by atoms with van der Waals surface area (Å²) in [5, 5.41) is 4.02. The third kappa shape index (κ3) is 8.09. The smallest absolute Gasteiger partial charge is 0.242 e. The van der Waals surface area contributed by atoms with E-state index in [0.29, 0.717) is 15.7 Å². The Morgan fingerprint density at radius 3 is 2.43 bits per heavy atom. The fourth-order valence-corrected chi connectivity index (χ4v) is 5.99. The van der Waals surface area contributed by atoms with E-state index in [9.17, 15) is 18.0 Å². The molecule has 1 aliphatic carbocycles. The van der Waals surface area contributed by atoms with E-state index in [1.807, 2.05) is 25.1 Å². The van der Waals surface area contributed by atoms with Gasteiger partial charge in [0.2, 0.25) is 21.8 Å². The van der Waals surface area contributed by atoms with E-state index < -0.39 is 16.1 Å². The summed E-state index contributed by atoms with van der Waals surface area (Å²) in [5.41, 5.74) is 1.99. The van der Waals surface area contributed by atoms with Gasteiger partial charge in [0.05, 0.1) is 11.9 Å². The first-order valence-electron chi connectivity index (χ1n) is 12.5. The van der Waals surface area contributed by atoms with Crippen LogP contribution < -0.4 is 9.62 Å². The van der Waals surface area contributed by atoms with Crippen LogP contribution in [-0.2, 0) is 26.2 Å². The van der Waals surface area contributed by atoms with Crippen molar-refractivity contribution in [1.82, 2.24) is 10.2 Å². The van der Waals surface area contributed by atoms with Crippen LogP contribution in [0.25, 0.3) is 0 Å². The van der Waals surface area contributed by atoms with Crippen molar-refractivity contribution in [3.8, 4) is 0 Å². The van der Waals surface area contributed by atoms with Gasteiger partial charge in [-0.3, -0.25) is 13.9 Å². The molecule has 0 heterocycles. The quantitative estimate of drug-likeness (QED) is 0.398. The fraction of sp³-hybridized carbons (Fsp3) is 0.481. The Hall–Kier alpha value is -2.29. The number of sulfonamides is 1. The van der Waals surface area contributed by atoms with Crippen molar-refractivity contribution in [2.24, 2.45) is 0 Å². The first-order chi connectivity index (χ1) is 17.5. The summed E-state index contributed by atoms with van der Waals surface area (Å²) in [6.45, 7) is 3.82. The second-order valence-corrected chi connectivity index (χ2v) is 12.4. The molecule has 1 fully saturated rings. The van der Waals surface area contributed by atoms with Crippen LogP contribution in [0.5, 0.6) is 0 Å². The molecule has 0 bridgehead atoms. The highest BCUT2D eigenvalue weighted by atomic mass is 35.5. The Balaban J connectivity index is 1.75. The molecule has 0 saturated heterocycles. The number of hydrogen-bond donors (Lipinski definition) is 1. The van der Waals surface area contributed by atoms with Gasteiger partial charge >= 0.3 is 0 Å². The van der Waals surface area contributed by atoms with Crippen molar-refractivity contribution in [1.29, 1.82) is 0 Å². The van der Waals surface area contributed by atoms with Crippen LogP contribution in [0.4, 0.5) is 5.69 Å². The van der Waals surface area contributed by atoms with Crippen molar-refractivity contribution >= 4 is 50.7 Å². The van der Waals surface area contributed by atoms with Crippen molar-refractivity contribution in [3.05, 3.63) is 63.6 Å². The SMILES string of the molecule is Cc1ccc(Cl)cc1N(CCCC(=O)N(Cc1ccccc1Cl)[C@H](C)C(=O)NC1CCCC1)S(C)(=O)=O. The number of anilines is 1. The minimum Gasteiger partial charge on any atom is -0.352 e. The van der Waals surface area contributed by atoms with E-state index in [2.05, 4.69) is 5.32 Å². The summed E-state index contributed by atoms with van der Waals surface area (Å²) in [6, 6.07) is 11.7. The monoisotopic (exact) mass is 567 g/mol. The maximum Gasteiger partial charge on any atom is 0.242 e. The number of carbonyl (C=O) groups excluding carboxylic acids is 2. The molecule has 3 rings (SSSR count). The number of aryl methyl sites for hydroxylation is 1. The van der Waals surface area contributed by atoms with Gasteiger partial charge in [0.1, 0.15) is 6.04 Å². The van der Waals surface area contributed by atoms with E-state index in [1.165, 1.54) is 9.21 Å². The van der Waals surface area contributed by atoms with Crippen molar-refractivity contribution in [3.63, 3.8) is 0 Å². The predicted molar refractivity (Wildman–Crippen MR) is 149 cm³/mol. The largest absolute Gasteiger partial charge is 0.352 e. The topological polar surface area (TPSA) is 86.8 Å². The molecule has 1 atom stereocenters. The van der Waals surface area contributed by atoms with Gasteiger partial charge < -0.3 is 10.2 Å². The normalized spacial score (nSPS) is 14.8. The molecule has 1 N–H and O–H groups in total. The Labute approximate surface area is 230 Å². The average Bonchev–Trinajstić information content (AvgIpc) is 3.34. The molecular weight excluding hydrogens is 533 g/mol. The lowest BCUT2D eigenvalue weighted by Crippen LogP contribution is -2.49. The summed E-state index contributed by atoms with van der Waals surface area (Å²) in [4.78, 5) is 28.0. The number of rotatable bonds is 11. The number of nitrogens with one attached hydrogen (secondary N) is 1. The van der Waals surface area contributed by atoms with E-state index in [-0.39, 0.29) is 43.8 Å². The molecule has 202 valence electrons. The standard InChI is InChI=1S/C27H35Cl2N3O4S/c1-19-14-15-22(28)17-25(19)32(37(3,35)36)16-8-13-26(33)31(18-21-9-4-7-12-24(21)29)20(2)27(34)30-23-10-5-6-11-23/h4,7,9,12,14-15,17,20,23H,5-6,8,10-11,13,16,18H2,1-3H3,(H,30,34)/t20-/m1/s1. The molecule has 2 aromatic rings. The maximum absolute atomic E-state index is 13.4. The minimum atomic E-state index is -3.60. The zero-order chi connectivity index (χ0) is 27.2. The average molecular weight is 569 g/mol. The summed E-state index contributed by atoms with van der Waals surface area (Å²) in [6.07, 6.45) is 5.54. The lowest BCUT2D eigenvalue weighted by atomic mass is 10.1. The highest BCUT2D eigenvalue weighted by Gasteiger charge is 2.29. The van der Waals surface area contributed by atoms with E-state index in [4.69, 9.17) is 23.2 Å². The van der Waals surface area contributed by atoms with Gasteiger partial charge in [0.15, 0.2) is 0 Å². The van der Waals surface area contributed by atoms with E-state index in [1.54, 1.807) is 31.2 Å². The molecule has 0 aromatic heterocycles. The van der Waals surface area contributed by atoms with Gasteiger partial charge in [0, 0.05) is 35.6 Å². The lowest BCUT2D eigenvalue weighted by molar-refractivity contribution is -0.140. The molecule has 0 spiro atoms. The number of benzene rings is 2. The van der Waals surface area contributed by atoms with E-state index in [0.717, 1.165) is 43.1 Å². The van der Waals surface area contributed by atoms with Crippen LogP contribution in [0, 0.1) is 6.92 Å². The summed E-state index contributed by atoms with van der Waals surface area (Å²) in [7, 11) is -3.60. The Bertz CT molecular complexity index is 1220. The van der Waals surface area contributed by atoms with Crippen molar-refractivity contribution < 1.29 is 18.0 Å². The molecule has 0 radical (unpaired) electrons. The number of halogens is 2. The van der Waals surface area contributed by atoms with Crippen LogP contribution in [0.1, 0.15) is 56.6 Å². The van der Waals surface area contributed by atoms with Crippen molar-refractivity contribution in [2.75, 3.05) is 17.1 Å². The highest BCUT2D eigenvalue weighted by molar-refractivity contribution is 7.92. The number of hydrogen-bond acceptors (Lipinski definition) is 4. The highest BCUT2D eigenvalue weighted by Crippen LogP contribution is 2.27. The lowest BCUT2D eigenvalue weighted by Gasteiger charge is -2.30. The molecule has 10 heteroatoms. The van der Waals surface area contributed by atoms with Crippen LogP contribution in [-0.4, -0.2) is 50.0 Å². The van der Waals surface area contributed by atoms with Gasteiger partial charge in [-0.1, -0.05) is 60.3 Å². The second-order valence-electron chi connectivity index (χ2n) is 9.65. The number of nitrogens with zero attached hydrogens (tertiary/aromatic N) is 2. The first-order valence-corrected chi connectivity index (χ1v) is 15.1. The van der Waals surface area contributed by atoms with Gasteiger partial charge in [-0.2, -0.15) is 0 Å². The molecule has 1 saturated carbocycles. The van der Waals surface area contributed by atoms with Gasteiger partial charge in [-0.25, -0.2) is 8.42 Å². The molecule has 1 aliphatic rings. The molecule has 7 nitrogen and oxygen atoms in total. The Morgan fingerprint density at radius 1 is 1.11 bits per heavy atom. The van der Waals surface area contributed by atoms with Crippen LogP contribution >= 0.6 is 23.2 Å². The number of amides is 2.